The summed E-state index contributed by atoms with van der Waals surface area (Å²) in [7, 11) is 0. The first-order chi connectivity index (χ1) is 15.2. The average molecular weight is 413 g/mol. The van der Waals surface area contributed by atoms with E-state index in [1.165, 1.54) is 12.1 Å². The molecule has 0 fully saturated rings. The summed E-state index contributed by atoms with van der Waals surface area (Å²) in [6, 6.07) is 22.1. The van der Waals surface area contributed by atoms with E-state index < -0.39 is 0 Å². The van der Waals surface area contributed by atoms with Crippen LogP contribution in [0.25, 0.3) is 27.8 Å². The van der Waals surface area contributed by atoms with Gasteiger partial charge in [-0.15, -0.1) is 5.10 Å². The molecule has 154 valence electrons. The van der Waals surface area contributed by atoms with Gasteiger partial charge in [0.2, 0.25) is 0 Å². The van der Waals surface area contributed by atoms with E-state index >= 15 is 0 Å². The van der Waals surface area contributed by atoms with E-state index in [9.17, 15) is 4.39 Å². The first-order valence-corrected chi connectivity index (χ1v) is 10.1. The highest BCUT2D eigenvalue weighted by atomic mass is 19.1. The van der Waals surface area contributed by atoms with Crippen LogP contribution in [0.5, 0.6) is 5.75 Å². The third kappa shape index (κ3) is 3.66. The molecule has 2 aromatic heterocycles. The third-order valence-corrected chi connectivity index (χ3v) is 5.06. The van der Waals surface area contributed by atoms with E-state index in [1.807, 2.05) is 55.5 Å². The van der Waals surface area contributed by atoms with Crippen molar-refractivity contribution >= 4 is 22.4 Å². The summed E-state index contributed by atoms with van der Waals surface area (Å²) >= 11 is 0. The smallest absolute Gasteiger partial charge is 0.186 e. The molecule has 0 aliphatic heterocycles. The minimum absolute atomic E-state index is 0.295. The van der Waals surface area contributed by atoms with Crippen LogP contribution in [0.2, 0.25) is 0 Å². The molecule has 3 aromatic carbocycles. The fourth-order valence-corrected chi connectivity index (χ4v) is 3.55. The van der Waals surface area contributed by atoms with E-state index in [1.54, 1.807) is 16.6 Å². The second-order valence-electron chi connectivity index (χ2n) is 7.09. The molecule has 0 atom stereocenters. The Morgan fingerprint density at radius 3 is 2.52 bits per heavy atom. The molecule has 0 amide bonds. The fraction of sp³-hybridized carbons (Fsp3) is 0.125. The van der Waals surface area contributed by atoms with Crippen LogP contribution < -0.4 is 10.1 Å². The van der Waals surface area contributed by atoms with Gasteiger partial charge in [0.05, 0.1) is 12.1 Å². The van der Waals surface area contributed by atoms with Crippen molar-refractivity contribution in [2.24, 2.45) is 0 Å². The molecular weight excluding hydrogens is 393 g/mol. The summed E-state index contributed by atoms with van der Waals surface area (Å²) in [6.45, 7) is 3.21. The Morgan fingerprint density at radius 1 is 0.968 bits per heavy atom. The van der Waals surface area contributed by atoms with Gasteiger partial charge in [0.25, 0.3) is 0 Å². The van der Waals surface area contributed by atoms with Crippen molar-refractivity contribution in [1.82, 2.24) is 19.8 Å². The zero-order valence-corrected chi connectivity index (χ0v) is 16.9. The first kappa shape index (κ1) is 19.0. The third-order valence-electron chi connectivity index (χ3n) is 5.06. The number of nitrogens with one attached hydrogen (secondary N) is 1. The largest absolute Gasteiger partial charge is 0.494 e. The minimum Gasteiger partial charge on any atom is -0.494 e. The molecule has 31 heavy (non-hydrogen) atoms. The van der Waals surface area contributed by atoms with Gasteiger partial charge in [-0.3, -0.25) is 0 Å². The number of halogens is 1. The molecule has 2 heterocycles. The number of anilines is 1. The Balaban J connectivity index is 1.54. The van der Waals surface area contributed by atoms with Crippen LogP contribution in [-0.4, -0.2) is 26.4 Å². The molecule has 0 saturated heterocycles. The average Bonchev–Trinajstić information content (AvgIpc) is 3.23. The molecule has 0 aliphatic rings. The highest BCUT2D eigenvalue weighted by Crippen LogP contribution is 2.28. The molecule has 0 radical (unpaired) electrons. The summed E-state index contributed by atoms with van der Waals surface area (Å²) in [5.41, 5.74) is 3.98. The van der Waals surface area contributed by atoms with Gasteiger partial charge in [-0.05, 0) is 61.0 Å². The number of aromatic nitrogens is 4. The van der Waals surface area contributed by atoms with Gasteiger partial charge >= 0.3 is 0 Å². The van der Waals surface area contributed by atoms with Crippen molar-refractivity contribution in [2.75, 3.05) is 11.9 Å². The maximum absolute atomic E-state index is 13.4. The van der Waals surface area contributed by atoms with E-state index in [2.05, 4.69) is 15.6 Å². The molecule has 7 heteroatoms. The summed E-state index contributed by atoms with van der Waals surface area (Å²) in [6.07, 6.45) is 0. The Morgan fingerprint density at radius 2 is 1.74 bits per heavy atom. The van der Waals surface area contributed by atoms with Crippen LogP contribution in [0.15, 0.2) is 72.8 Å². The molecule has 5 rings (SSSR count). The topological polar surface area (TPSA) is 64.3 Å². The number of para-hydroxylation sites is 1. The lowest BCUT2D eigenvalue weighted by Gasteiger charge is -2.11. The van der Waals surface area contributed by atoms with Gasteiger partial charge in [-0.25, -0.2) is 9.37 Å². The van der Waals surface area contributed by atoms with E-state index in [0.717, 1.165) is 33.6 Å². The quantitative estimate of drug-likeness (QED) is 0.420. The van der Waals surface area contributed by atoms with Gasteiger partial charge in [-0.1, -0.05) is 29.5 Å². The van der Waals surface area contributed by atoms with Crippen LogP contribution in [0.4, 0.5) is 10.2 Å². The first-order valence-electron chi connectivity index (χ1n) is 10.1. The van der Waals surface area contributed by atoms with Gasteiger partial charge in [0.15, 0.2) is 5.65 Å². The van der Waals surface area contributed by atoms with Crippen LogP contribution >= 0.6 is 0 Å². The minimum atomic E-state index is -0.295. The Labute approximate surface area is 178 Å². The van der Waals surface area contributed by atoms with Crippen molar-refractivity contribution < 1.29 is 9.13 Å². The molecule has 0 aliphatic carbocycles. The lowest BCUT2D eigenvalue weighted by atomic mass is 10.1. The predicted molar refractivity (Wildman–Crippen MR) is 119 cm³/mol. The zero-order chi connectivity index (χ0) is 21.2. The Bertz CT molecular complexity index is 1350. The van der Waals surface area contributed by atoms with Gasteiger partial charge < -0.3 is 10.1 Å². The zero-order valence-electron chi connectivity index (χ0n) is 16.9. The van der Waals surface area contributed by atoms with E-state index in [0.29, 0.717) is 24.5 Å². The summed E-state index contributed by atoms with van der Waals surface area (Å²) < 4.78 is 20.6. The van der Waals surface area contributed by atoms with Crippen molar-refractivity contribution in [3.8, 4) is 17.0 Å². The SMILES string of the molecule is CCOc1ccc(CNc2nc3c(-c4ccc(F)cc4)nnn3c3ccccc23)cc1. The molecule has 1 N–H and O–H groups in total. The van der Waals surface area contributed by atoms with Gasteiger partial charge in [-0.2, -0.15) is 4.52 Å². The summed E-state index contributed by atoms with van der Waals surface area (Å²) in [5, 5.41) is 13.0. The molecule has 6 nitrogen and oxygen atoms in total. The normalized spacial score (nSPS) is 11.2. The summed E-state index contributed by atoms with van der Waals surface area (Å²) in [4.78, 5) is 4.83. The maximum Gasteiger partial charge on any atom is 0.186 e. The van der Waals surface area contributed by atoms with E-state index in [-0.39, 0.29) is 5.82 Å². The van der Waals surface area contributed by atoms with Crippen LogP contribution in [0.1, 0.15) is 12.5 Å². The van der Waals surface area contributed by atoms with Crippen LogP contribution in [-0.2, 0) is 6.54 Å². The number of ether oxygens (including phenoxy) is 1. The summed E-state index contributed by atoms with van der Waals surface area (Å²) in [5.74, 6) is 1.30. The number of hydrogen-bond donors (Lipinski definition) is 1. The Hall–Kier alpha value is -4.00. The fourth-order valence-electron chi connectivity index (χ4n) is 3.55. The monoisotopic (exact) mass is 413 g/mol. The van der Waals surface area contributed by atoms with Crippen LogP contribution in [0, 0.1) is 5.82 Å². The second-order valence-corrected chi connectivity index (χ2v) is 7.09. The lowest BCUT2D eigenvalue weighted by Crippen LogP contribution is -2.05. The van der Waals surface area contributed by atoms with Crippen molar-refractivity contribution in [1.29, 1.82) is 0 Å². The van der Waals surface area contributed by atoms with Gasteiger partial charge in [0.1, 0.15) is 23.1 Å². The number of benzene rings is 3. The van der Waals surface area contributed by atoms with Crippen LogP contribution in [0.3, 0.4) is 0 Å². The second kappa shape index (κ2) is 8.02. The molecule has 5 aromatic rings. The maximum atomic E-state index is 13.4. The number of rotatable bonds is 6. The number of nitrogens with zero attached hydrogens (tertiary/aromatic N) is 4. The van der Waals surface area contributed by atoms with E-state index in [4.69, 9.17) is 9.72 Å². The number of fused-ring (bicyclic) bond motifs is 3. The molecular formula is C24H20FN5O. The predicted octanol–water partition coefficient (Wildman–Crippen LogP) is 5.09. The molecule has 0 spiro atoms. The van der Waals surface area contributed by atoms with Crippen molar-refractivity contribution in [2.45, 2.75) is 13.5 Å². The molecule has 0 bridgehead atoms. The van der Waals surface area contributed by atoms with Gasteiger partial charge in [0, 0.05) is 17.5 Å². The lowest BCUT2D eigenvalue weighted by molar-refractivity contribution is 0.340. The Kier molecular flexibility index (Phi) is 4.92. The number of hydrogen-bond acceptors (Lipinski definition) is 5. The highest BCUT2D eigenvalue weighted by molar-refractivity contribution is 5.93. The van der Waals surface area contributed by atoms with Crippen molar-refractivity contribution in [3.05, 3.63) is 84.2 Å². The highest BCUT2D eigenvalue weighted by Gasteiger charge is 2.15. The van der Waals surface area contributed by atoms with Crippen molar-refractivity contribution in [3.63, 3.8) is 0 Å². The molecule has 0 unspecified atom stereocenters. The standard InChI is InChI=1S/C24H20FN5O/c1-2-31-19-13-7-16(8-14-19)15-26-23-20-5-3-4-6-21(20)30-24(27-23)22(28-29-30)17-9-11-18(25)12-10-17/h3-14H,2,15H2,1H3,(H,26,27). The molecule has 0 saturated carbocycles.